The number of nitrogens with zero attached hydrogens (tertiary/aromatic N) is 5. The summed E-state index contributed by atoms with van der Waals surface area (Å²) in [6.45, 7) is 9.83. The van der Waals surface area contributed by atoms with Gasteiger partial charge in [0.05, 0.1) is 43.0 Å². The van der Waals surface area contributed by atoms with Crippen LogP contribution in [0.2, 0.25) is 0 Å². The Labute approximate surface area is 229 Å². The highest BCUT2D eigenvalue weighted by Gasteiger charge is 2.28. The molecule has 2 aliphatic heterocycles. The molecule has 0 radical (unpaired) electrons. The standard InChI is InChI=1S/C27H35N5O4S2/c1-20-17-29(18-21(2)36-20)19-31-27(37)32(22(3)23-8-5-4-6-9-23)26(28-31)24-10-7-11-25(16-24)38(33,34)30-12-14-35-15-13-30/h4-11,16,20-22H,12-15,17-19H2,1-3H3/t20-,21-,22+/m1/s1. The van der Waals surface area contributed by atoms with Gasteiger partial charge in [-0.25, -0.2) is 13.1 Å². The zero-order valence-corrected chi connectivity index (χ0v) is 23.7. The lowest BCUT2D eigenvalue weighted by Crippen LogP contribution is -2.46. The minimum Gasteiger partial charge on any atom is -0.379 e. The molecule has 3 atom stereocenters. The van der Waals surface area contributed by atoms with Gasteiger partial charge in [-0.1, -0.05) is 42.5 Å². The average molecular weight is 558 g/mol. The molecule has 2 aromatic carbocycles. The van der Waals surface area contributed by atoms with E-state index in [9.17, 15) is 8.42 Å². The molecule has 0 aliphatic carbocycles. The molecule has 2 aliphatic rings. The molecule has 2 fully saturated rings. The summed E-state index contributed by atoms with van der Waals surface area (Å²) in [7, 11) is -3.65. The number of ether oxygens (including phenoxy) is 2. The van der Waals surface area contributed by atoms with E-state index < -0.39 is 10.0 Å². The van der Waals surface area contributed by atoms with E-state index in [0.717, 1.165) is 18.7 Å². The molecule has 0 bridgehead atoms. The predicted molar refractivity (Wildman–Crippen MR) is 148 cm³/mol. The maximum Gasteiger partial charge on any atom is 0.243 e. The van der Waals surface area contributed by atoms with Gasteiger partial charge >= 0.3 is 0 Å². The van der Waals surface area contributed by atoms with Crippen LogP contribution < -0.4 is 0 Å². The third-order valence-electron chi connectivity index (χ3n) is 7.07. The number of hydrogen-bond donors (Lipinski definition) is 0. The van der Waals surface area contributed by atoms with Crippen molar-refractivity contribution in [3.63, 3.8) is 0 Å². The summed E-state index contributed by atoms with van der Waals surface area (Å²) in [5.41, 5.74) is 1.80. The van der Waals surface area contributed by atoms with Gasteiger partial charge in [-0.05, 0) is 50.7 Å². The van der Waals surface area contributed by atoms with Gasteiger partial charge in [0, 0.05) is 31.7 Å². The van der Waals surface area contributed by atoms with E-state index in [-0.39, 0.29) is 23.1 Å². The van der Waals surface area contributed by atoms with Crippen LogP contribution in [0.5, 0.6) is 0 Å². The molecule has 204 valence electrons. The molecule has 0 N–H and O–H groups in total. The van der Waals surface area contributed by atoms with Gasteiger partial charge in [0.25, 0.3) is 0 Å². The van der Waals surface area contributed by atoms with Crippen molar-refractivity contribution in [3.05, 3.63) is 64.9 Å². The van der Waals surface area contributed by atoms with Crippen LogP contribution in [0.25, 0.3) is 11.4 Å². The van der Waals surface area contributed by atoms with Crippen molar-refractivity contribution in [2.24, 2.45) is 0 Å². The Balaban J connectivity index is 1.56. The van der Waals surface area contributed by atoms with Crippen LogP contribution in [0.3, 0.4) is 0 Å². The highest BCUT2D eigenvalue weighted by atomic mass is 32.2. The first-order chi connectivity index (χ1) is 18.2. The van der Waals surface area contributed by atoms with Crippen LogP contribution in [-0.4, -0.2) is 83.6 Å². The SMILES string of the molecule is C[C@@H]1CN(Cn2nc(-c3cccc(S(=O)(=O)N4CCOCC4)c3)n([C@@H](C)c3ccccc3)c2=S)C[C@@H](C)O1. The van der Waals surface area contributed by atoms with Crippen LogP contribution in [0.4, 0.5) is 0 Å². The largest absolute Gasteiger partial charge is 0.379 e. The van der Waals surface area contributed by atoms with Crippen molar-refractivity contribution >= 4 is 22.2 Å². The Morgan fingerprint density at radius 2 is 1.71 bits per heavy atom. The van der Waals surface area contributed by atoms with Crippen molar-refractivity contribution in [1.82, 2.24) is 23.6 Å². The summed E-state index contributed by atoms with van der Waals surface area (Å²) in [5.74, 6) is 0.639. The topological polar surface area (TPSA) is 81.8 Å². The van der Waals surface area contributed by atoms with Crippen LogP contribution in [0.1, 0.15) is 32.4 Å². The number of aromatic nitrogens is 3. The van der Waals surface area contributed by atoms with E-state index in [1.807, 2.05) is 33.5 Å². The van der Waals surface area contributed by atoms with Crippen molar-refractivity contribution in [3.8, 4) is 11.4 Å². The first-order valence-electron chi connectivity index (χ1n) is 13.0. The fraction of sp³-hybridized carbons (Fsp3) is 0.481. The molecule has 0 unspecified atom stereocenters. The lowest BCUT2D eigenvalue weighted by Gasteiger charge is -2.34. The smallest absolute Gasteiger partial charge is 0.243 e. The van der Waals surface area contributed by atoms with Crippen molar-refractivity contribution in [1.29, 1.82) is 0 Å². The maximum absolute atomic E-state index is 13.4. The summed E-state index contributed by atoms with van der Waals surface area (Å²) in [5, 5.41) is 4.97. The number of rotatable bonds is 7. The Morgan fingerprint density at radius 1 is 1.03 bits per heavy atom. The molecule has 3 aromatic rings. The first kappa shape index (κ1) is 27.2. The van der Waals surface area contributed by atoms with Gasteiger partial charge in [0.2, 0.25) is 10.0 Å². The third kappa shape index (κ3) is 5.63. The van der Waals surface area contributed by atoms with Crippen molar-refractivity contribution < 1.29 is 17.9 Å². The fourth-order valence-electron chi connectivity index (χ4n) is 5.26. The molecule has 0 amide bonds. The van der Waals surface area contributed by atoms with Gasteiger partial charge in [-0.15, -0.1) is 0 Å². The van der Waals surface area contributed by atoms with Crippen LogP contribution in [-0.2, 0) is 26.2 Å². The molecule has 38 heavy (non-hydrogen) atoms. The minimum absolute atomic E-state index is 0.102. The van der Waals surface area contributed by atoms with Gasteiger partial charge in [-0.3, -0.25) is 9.47 Å². The summed E-state index contributed by atoms with van der Waals surface area (Å²) in [4.78, 5) is 2.54. The Kier molecular flexibility index (Phi) is 8.13. The first-order valence-corrected chi connectivity index (χ1v) is 14.9. The molecule has 5 rings (SSSR count). The van der Waals surface area contributed by atoms with E-state index in [4.69, 9.17) is 26.8 Å². The quantitative estimate of drug-likeness (QED) is 0.409. The Bertz CT molecular complexity index is 1410. The normalized spacial score (nSPS) is 22.4. The van der Waals surface area contributed by atoms with Crippen molar-refractivity contribution in [2.75, 3.05) is 39.4 Å². The van der Waals surface area contributed by atoms with Crippen molar-refractivity contribution in [2.45, 2.75) is 50.6 Å². The molecule has 1 aromatic heterocycles. The zero-order chi connectivity index (χ0) is 26.9. The summed E-state index contributed by atoms with van der Waals surface area (Å²) < 4.78 is 44.0. The molecule has 0 spiro atoms. The predicted octanol–water partition coefficient (Wildman–Crippen LogP) is 3.78. The summed E-state index contributed by atoms with van der Waals surface area (Å²) >= 11 is 5.99. The minimum atomic E-state index is -3.65. The Hall–Kier alpha value is -2.41. The highest BCUT2D eigenvalue weighted by Crippen LogP contribution is 2.29. The molecule has 11 heteroatoms. The van der Waals surface area contributed by atoms with Gasteiger partial charge < -0.3 is 9.47 Å². The summed E-state index contributed by atoms with van der Waals surface area (Å²) in [6, 6.07) is 17.0. The van der Waals surface area contributed by atoms with E-state index >= 15 is 0 Å². The number of hydrogen-bond acceptors (Lipinski definition) is 7. The zero-order valence-electron chi connectivity index (χ0n) is 22.1. The second kappa shape index (κ2) is 11.4. The second-order valence-electron chi connectivity index (χ2n) is 10.0. The molecule has 9 nitrogen and oxygen atoms in total. The van der Waals surface area contributed by atoms with Gasteiger partial charge in [0.15, 0.2) is 10.6 Å². The number of benzene rings is 2. The maximum atomic E-state index is 13.4. The lowest BCUT2D eigenvalue weighted by molar-refractivity contribution is -0.0777. The second-order valence-corrected chi connectivity index (χ2v) is 12.3. The average Bonchev–Trinajstić information content (AvgIpc) is 3.24. The van der Waals surface area contributed by atoms with Gasteiger partial charge in [0.1, 0.15) is 0 Å². The van der Waals surface area contributed by atoms with E-state index in [0.29, 0.717) is 49.1 Å². The molecule has 3 heterocycles. The number of sulfonamides is 1. The van der Waals surface area contributed by atoms with Crippen LogP contribution in [0.15, 0.2) is 59.5 Å². The Morgan fingerprint density at radius 3 is 2.39 bits per heavy atom. The third-order valence-corrected chi connectivity index (χ3v) is 9.37. The number of morpholine rings is 2. The van der Waals surface area contributed by atoms with E-state index in [2.05, 4.69) is 37.8 Å². The fourth-order valence-corrected chi connectivity index (χ4v) is 7.06. The lowest BCUT2D eigenvalue weighted by atomic mass is 10.1. The van der Waals surface area contributed by atoms with E-state index in [1.54, 1.807) is 18.2 Å². The molecule has 2 saturated heterocycles. The molecular weight excluding hydrogens is 522 g/mol. The highest BCUT2D eigenvalue weighted by molar-refractivity contribution is 7.89. The van der Waals surface area contributed by atoms with E-state index in [1.165, 1.54) is 4.31 Å². The van der Waals surface area contributed by atoms with Gasteiger partial charge in [-0.2, -0.15) is 9.40 Å². The summed E-state index contributed by atoms with van der Waals surface area (Å²) in [6.07, 6.45) is 0.250. The van der Waals surface area contributed by atoms with Crippen LogP contribution >= 0.6 is 12.2 Å². The van der Waals surface area contributed by atoms with Crippen LogP contribution in [0, 0.1) is 4.77 Å². The monoisotopic (exact) mass is 557 g/mol. The molecule has 0 saturated carbocycles. The molecular formula is C27H35N5O4S2.